The number of rotatable bonds is 3. The van der Waals surface area contributed by atoms with Crippen molar-refractivity contribution in [3.63, 3.8) is 0 Å². The van der Waals surface area contributed by atoms with Crippen LogP contribution in [-0.2, 0) is 11.8 Å². The molecule has 0 bridgehead atoms. The maximum absolute atomic E-state index is 12.5. The molecule has 1 amide bonds. The fraction of sp³-hybridized carbons (Fsp3) is 0.353. The first-order valence-corrected chi connectivity index (χ1v) is 8.97. The quantitative estimate of drug-likeness (QED) is 0.796. The second-order valence-electron chi connectivity index (χ2n) is 6.07. The molecule has 3 aromatic rings. The highest BCUT2D eigenvalue weighted by Gasteiger charge is 2.28. The van der Waals surface area contributed by atoms with Crippen LogP contribution >= 0.6 is 11.3 Å². The van der Waals surface area contributed by atoms with E-state index in [-0.39, 0.29) is 11.8 Å². The summed E-state index contributed by atoms with van der Waals surface area (Å²) < 4.78 is 2.11. The standard InChI is InChI=1S/C17H19N5OS/c1-21-14-7-3-2-6-13(14)19-17(21)22-9-4-5-12(11-22)15(23)20-16-18-8-10-24-16/h2-3,6-8,10,12H,4-5,9,11H2,1H3,(H,18,20,23)/t12-/m1/s1. The van der Waals surface area contributed by atoms with Crippen LogP contribution in [0.15, 0.2) is 35.8 Å². The number of hydrogen-bond donors (Lipinski definition) is 1. The molecule has 2 aromatic heterocycles. The Kier molecular flexibility index (Phi) is 3.93. The molecule has 0 aliphatic carbocycles. The van der Waals surface area contributed by atoms with Crippen molar-refractivity contribution in [1.29, 1.82) is 0 Å². The van der Waals surface area contributed by atoms with Gasteiger partial charge < -0.3 is 14.8 Å². The Balaban J connectivity index is 1.53. The summed E-state index contributed by atoms with van der Waals surface area (Å²) in [6, 6.07) is 8.12. The number of anilines is 2. The molecular weight excluding hydrogens is 322 g/mol. The molecule has 0 unspecified atom stereocenters. The molecular formula is C17H19N5OS. The van der Waals surface area contributed by atoms with Crippen molar-refractivity contribution in [2.24, 2.45) is 13.0 Å². The fourth-order valence-corrected chi connectivity index (χ4v) is 3.81. The minimum Gasteiger partial charge on any atom is -0.341 e. The summed E-state index contributed by atoms with van der Waals surface area (Å²) in [5, 5.41) is 5.45. The molecule has 1 aliphatic rings. The van der Waals surface area contributed by atoms with Crippen molar-refractivity contribution in [1.82, 2.24) is 14.5 Å². The van der Waals surface area contributed by atoms with Crippen LogP contribution in [0.1, 0.15) is 12.8 Å². The molecule has 1 aromatic carbocycles. The second-order valence-corrected chi connectivity index (χ2v) is 6.97. The minimum atomic E-state index is -0.0394. The van der Waals surface area contributed by atoms with Crippen LogP contribution in [-0.4, -0.2) is 33.5 Å². The van der Waals surface area contributed by atoms with Gasteiger partial charge in [-0.15, -0.1) is 11.3 Å². The molecule has 4 rings (SSSR count). The summed E-state index contributed by atoms with van der Waals surface area (Å²) >= 11 is 1.44. The summed E-state index contributed by atoms with van der Waals surface area (Å²) in [5.41, 5.74) is 2.10. The average Bonchev–Trinajstić information content (AvgIpc) is 3.23. The Morgan fingerprint density at radius 1 is 1.38 bits per heavy atom. The first kappa shape index (κ1) is 15.1. The molecule has 3 heterocycles. The molecule has 24 heavy (non-hydrogen) atoms. The molecule has 1 N–H and O–H groups in total. The van der Waals surface area contributed by atoms with Crippen LogP contribution in [0.2, 0.25) is 0 Å². The third-order valence-electron chi connectivity index (χ3n) is 4.50. The number of carbonyl (C=O) groups is 1. The van der Waals surface area contributed by atoms with Crippen molar-refractivity contribution in [2.45, 2.75) is 12.8 Å². The van der Waals surface area contributed by atoms with Gasteiger partial charge >= 0.3 is 0 Å². The number of imidazole rings is 1. The van der Waals surface area contributed by atoms with Gasteiger partial charge in [-0.1, -0.05) is 12.1 Å². The van der Waals surface area contributed by atoms with E-state index in [1.807, 2.05) is 30.6 Å². The first-order chi connectivity index (χ1) is 11.7. The van der Waals surface area contributed by atoms with Crippen molar-refractivity contribution < 1.29 is 4.79 Å². The molecule has 0 saturated carbocycles. The van der Waals surface area contributed by atoms with Crippen LogP contribution < -0.4 is 10.2 Å². The van der Waals surface area contributed by atoms with Crippen LogP contribution in [0.3, 0.4) is 0 Å². The Hall–Kier alpha value is -2.41. The number of amides is 1. The average molecular weight is 341 g/mol. The van der Waals surface area contributed by atoms with Crippen LogP contribution in [0.4, 0.5) is 11.1 Å². The van der Waals surface area contributed by atoms with E-state index in [0.29, 0.717) is 11.7 Å². The van der Waals surface area contributed by atoms with Crippen LogP contribution in [0.5, 0.6) is 0 Å². The van der Waals surface area contributed by atoms with E-state index in [9.17, 15) is 4.79 Å². The zero-order valence-corrected chi connectivity index (χ0v) is 14.3. The van der Waals surface area contributed by atoms with Gasteiger partial charge in [0.1, 0.15) is 0 Å². The second kappa shape index (κ2) is 6.24. The first-order valence-electron chi connectivity index (χ1n) is 8.09. The third-order valence-corrected chi connectivity index (χ3v) is 5.19. The number of aromatic nitrogens is 3. The molecule has 124 valence electrons. The van der Waals surface area contributed by atoms with Gasteiger partial charge in [0, 0.05) is 31.7 Å². The Labute approximate surface area is 144 Å². The van der Waals surface area contributed by atoms with Gasteiger partial charge in [0.05, 0.1) is 17.0 Å². The number of piperidine rings is 1. The maximum atomic E-state index is 12.5. The zero-order valence-electron chi connectivity index (χ0n) is 13.5. The normalized spacial score (nSPS) is 18.0. The van der Waals surface area contributed by atoms with Gasteiger partial charge in [0.15, 0.2) is 5.13 Å². The predicted octanol–water partition coefficient (Wildman–Crippen LogP) is 2.88. The maximum Gasteiger partial charge on any atom is 0.231 e. The van der Waals surface area contributed by atoms with Gasteiger partial charge in [0.2, 0.25) is 11.9 Å². The van der Waals surface area contributed by atoms with Crippen LogP contribution in [0.25, 0.3) is 11.0 Å². The number of fused-ring (bicyclic) bond motifs is 1. The number of nitrogens with zero attached hydrogens (tertiary/aromatic N) is 4. The smallest absolute Gasteiger partial charge is 0.231 e. The third kappa shape index (κ3) is 2.75. The zero-order chi connectivity index (χ0) is 16.5. The molecule has 1 aliphatic heterocycles. The fourth-order valence-electron chi connectivity index (χ4n) is 3.28. The Morgan fingerprint density at radius 2 is 2.25 bits per heavy atom. The number of hydrogen-bond acceptors (Lipinski definition) is 5. The summed E-state index contributed by atoms with van der Waals surface area (Å²) in [5.74, 6) is 0.943. The highest BCUT2D eigenvalue weighted by atomic mass is 32.1. The molecule has 6 nitrogen and oxygen atoms in total. The van der Waals surface area contributed by atoms with Crippen molar-refractivity contribution in [3.8, 4) is 0 Å². The van der Waals surface area contributed by atoms with E-state index in [1.165, 1.54) is 11.3 Å². The molecule has 1 atom stereocenters. The van der Waals surface area contributed by atoms with E-state index in [0.717, 1.165) is 36.4 Å². The number of aryl methyl sites for hydroxylation is 1. The van der Waals surface area contributed by atoms with Gasteiger partial charge in [0.25, 0.3) is 0 Å². The van der Waals surface area contributed by atoms with E-state index in [2.05, 4.69) is 25.8 Å². The number of thiazole rings is 1. The van der Waals surface area contributed by atoms with Gasteiger partial charge in [-0.05, 0) is 25.0 Å². The summed E-state index contributed by atoms with van der Waals surface area (Å²) in [7, 11) is 2.03. The van der Waals surface area contributed by atoms with Crippen LogP contribution in [0, 0.1) is 5.92 Å². The van der Waals surface area contributed by atoms with E-state index < -0.39 is 0 Å². The molecule has 0 spiro atoms. The topological polar surface area (TPSA) is 63.1 Å². The molecule has 1 fully saturated rings. The van der Waals surface area contributed by atoms with Crippen molar-refractivity contribution in [3.05, 3.63) is 35.8 Å². The van der Waals surface area contributed by atoms with Gasteiger partial charge in [-0.25, -0.2) is 9.97 Å². The molecule has 1 saturated heterocycles. The Bertz CT molecular complexity index is 857. The highest BCUT2D eigenvalue weighted by Crippen LogP contribution is 2.26. The Morgan fingerprint density at radius 3 is 3.04 bits per heavy atom. The molecule has 7 heteroatoms. The van der Waals surface area contributed by atoms with Gasteiger partial charge in [-0.2, -0.15) is 0 Å². The number of benzene rings is 1. The number of nitrogens with one attached hydrogen (secondary N) is 1. The lowest BCUT2D eigenvalue weighted by Crippen LogP contribution is -2.41. The lowest BCUT2D eigenvalue weighted by atomic mass is 9.97. The lowest BCUT2D eigenvalue weighted by molar-refractivity contribution is -0.120. The summed E-state index contributed by atoms with van der Waals surface area (Å²) in [4.78, 5) is 23.6. The SMILES string of the molecule is Cn1c(N2CCC[C@@H](C(=O)Nc3nccs3)C2)nc2ccccc21. The minimum absolute atomic E-state index is 0.0394. The van der Waals surface area contributed by atoms with Crippen molar-refractivity contribution >= 4 is 39.4 Å². The van der Waals surface area contributed by atoms with E-state index >= 15 is 0 Å². The summed E-state index contributed by atoms with van der Waals surface area (Å²) in [6.45, 7) is 1.62. The monoisotopic (exact) mass is 341 g/mol. The van der Waals surface area contributed by atoms with Gasteiger partial charge in [-0.3, -0.25) is 4.79 Å². The number of para-hydroxylation sites is 2. The number of carbonyl (C=O) groups excluding carboxylic acids is 1. The van der Waals surface area contributed by atoms with E-state index in [4.69, 9.17) is 4.98 Å². The lowest BCUT2D eigenvalue weighted by Gasteiger charge is -2.32. The highest BCUT2D eigenvalue weighted by molar-refractivity contribution is 7.13. The molecule has 0 radical (unpaired) electrons. The summed E-state index contributed by atoms with van der Waals surface area (Å²) in [6.07, 6.45) is 3.59. The predicted molar refractivity (Wildman–Crippen MR) is 96.4 cm³/mol. The van der Waals surface area contributed by atoms with E-state index in [1.54, 1.807) is 6.20 Å². The van der Waals surface area contributed by atoms with Crippen molar-refractivity contribution in [2.75, 3.05) is 23.3 Å². The largest absolute Gasteiger partial charge is 0.341 e.